The van der Waals surface area contributed by atoms with Gasteiger partial charge < -0.3 is 68.3 Å². The molecule has 0 bridgehead atoms. The van der Waals surface area contributed by atoms with Gasteiger partial charge in [0.1, 0.15) is 48.0 Å². The number of rotatable bonds is 32. The van der Waals surface area contributed by atoms with Crippen LogP contribution in [0.4, 0.5) is 4.79 Å². The number of fused-ring (bicyclic) bond motifs is 1. The van der Waals surface area contributed by atoms with Gasteiger partial charge in [0, 0.05) is 76.7 Å². The fourth-order valence-corrected chi connectivity index (χ4v) is 10.4. The molecule has 0 aliphatic carbocycles. The Morgan fingerprint density at radius 3 is 1.77 bits per heavy atom. The predicted molar refractivity (Wildman–Crippen MR) is 328 cm³/mol. The molecule has 10 amide bonds. The second kappa shape index (κ2) is 33.9. The standard InChI is InChI=1S/C63H81ClN12O11/c1-39(2)31-50(56(80)67-27-30-76-28-7-8-29-76)71-57(81)49(14-10-26-68-63(65)87)70-61(85)55(36-42-18-23-48(79)24-19-42)75(4)62(86)54(38-77)74-60(84)53(35-44-11-9-25-66-37-44)73-59(83)52(33-41-16-21-47(64)22-17-41)72-58(82)51(69-40(3)78)34-43-15-20-45-12-5-6-13-46(45)32-43/h5-6,9,11-13,15-25,32,37,39,49-55,77,79H,7-8,10,14,26-31,33-36,38H2,1-4H3,(H,67,80)(H,69,78)(H,70,85)(H,71,81)(H,72,82)(H,73,83)(H,74,84)(H3,65,68,87)/t49-,50+,51-,52-,53-,54+,55+/m1/s1. The molecule has 1 saturated heterocycles. The van der Waals surface area contributed by atoms with Crippen molar-refractivity contribution in [3.05, 3.63) is 143 Å². The van der Waals surface area contributed by atoms with Gasteiger partial charge in [0.25, 0.3) is 0 Å². The number of hydrogen-bond acceptors (Lipinski definition) is 13. The predicted octanol–water partition coefficient (Wildman–Crippen LogP) is 2.32. The molecule has 0 spiro atoms. The quantitative estimate of drug-likeness (QED) is 0.0276. The molecule has 23 nitrogen and oxygen atoms in total. The van der Waals surface area contributed by atoms with Crippen LogP contribution in [0.2, 0.25) is 5.02 Å². The third kappa shape index (κ3) is 22.0. The van der Waals surface area contributed by atoms with Gasteiger partial charge in [-0.3, -0.25) is 43.3 Å². The van der Waals surface area contributed by atoms with Crippen molar-refractivity contribution >= 4 is 75.7 Å². The van der Waals surface area contributed by atoms with Crippen LogP contribution in [0.1, 0.15) is 75.1 Å². The Balaban J connectivity index is 1.25. The Kier molecular flexibility index (Phi) is 26.3. The molecule has 0 radical (unpaired) electrons. The number of carbonyl (C=O) groups excluding carboxylic acids is 9. The first kappa shape index (κ1) is 67.5. The highest BCUT2D eigenvalue weighted by Crippen LogP contribution is 2.20. The van der Waals surface area contributed by atoms with Crippen LogP contribution in [-0.2, 0) is 64.0 Å². The number of halogens is 1. The maximum absolute atomic E-state index is 14.8. The Hall–Kier alpha value is -8.67. The number of nitrogens with two attached hydrogens (primary N) is 1. The number of amides is 10. The highest BCUT2D eigenvalue weighted by molar-refractivity contribution is 6.30. The number of carbonyl (C=O) groups is 9. The molecule has 1 aliphatic rings. The fraction of sp³-hybridized carbons (Fsp3) is 0.429. The minimum atomic E-state index is -1.75. The molecule has 0 unspecified atom stereocenters. The number of aromatic nitrogens is 1. The largest absolute Gasteiger partial charge is 0.508 e. The van der Waals surface area contributed by atoms with Crippen molar-refractivity contribution in [2.45, 2.75) is 121 Å². The van der Waals surface area contributed by atoms with Gasteiger partial charge in [-0.05, 0) is 114 Å². The number of phenolic OH excluding ortho intramolecular Hbond substituents is 1. The van der Waals surface area contributed by atoms with E-state index in [0.717, 1.165) is 47.2 Å². The topological polar surface area (TPSA) is 336 Å². The summed E-state index contributed by atoms with van der Waals surface area (Å²) in [6.45, 7) is 6.96. The molecular weight excluding hydrogens is 1140 g/mol. The number of likely N-dealkylation sites (tertiary alicyclic amines) is 1. The summed E-state index contributed by atoms with van der Waals surface area (Å²) in [6, 6.07) is 18.6. The first-order valence-electron chi connectivity index (χ1n) is 29.2. The van der Waals surface area contributed by atoms with Crippen LogP contribution >= 0.6 is 11.6 Å². The fourth-order valence-electron chi connectivity index (χ4n) is 10.2. The van der Waals surface area contributed by atoms with Gasteiger partial charge >= 0.3 is 6.03 Å². The van der Waals surface area contributed by atoms with Crippen molar-refractivity contribution in [1.82, 2.24) is 57.3 Å². The number of primary amides is 1. The summed E-state index contributed by atoms with van der Waals surface area (Å²) in [7, 11) is 1.27. The highest BCUT2D eigenvalue weighted by Gasteiger charge is 2.37. The number of phenols is 1. The number of nitrogens with zero attached hydrogens (tertiary/aromatic N) is 3. The third-order valence-electron chi connectivity index (χ3n) is 14.9. The smallest absolute Gasteiger partial charge is 0.312 e. The van der Waals surface area contributed by atoms with Crippen molar-refractivity contribution in [3.8, 4) is 5.75 Å². The Morgan fingerprint density at radius 2 is 1.16 bits per heavy atom. The summed E-state index contributed by atoms with van der Waals surface area (Å²) in [5.41, 5.74) is 7.56. The van der Waals surface area contributed by atoms with Gasteiger partial charge in [-0.25, -0.2) is 4.79 Å². The molecule has 466 valence electrons. The lowest BCUT2D eigenvalue weighted by molar-refractivity contribution is -0.144. The molecule has 87 heavy (non-hydrogen) atoms. The Morgan fingerprint density at radius 1 is 0.609 bits per heavy atom. The Labute approximate surface area is 511 Å². The summed E-state index contributed by atoms with van der Waals surface area (Å²) >= 11 is 6.22. The van der Waals surface area contributed by atoms with E-state index in [1.807, 2.05) is 56.3 Å². The van der Waals surface area contributed by atoms with Crippen LogP contribution in [0.15, 0.2) is 116 Å². The van der Waals surface area contributed by atoms with E-state index in [-0.39, 0.29) is 63.2 Å². The van der Waals surface area contributed by atoms with Crippen molar-refractivity contribution in [1.29, 1.82) is 0 Å². The van der Waals surface area contributed by atoms with Crippen molar-refractivity contribution in [2.75, 3.05) is 46.4 Å². The van der Waals surface area contributed by atoms with Gasteiger partial charge in [-0.15, -0.1) is 0 Å². The highest BCUT2D eigenvalue weighted by atomic mass is 35.5. The summed E-state index contributed by atoms with van der Waals surface area (Å²) in [5, 5.41) is 45.1. The second-order valence-corrected chi connectivity index (χ2v) is 22.7. The zero-order chi connectivity index (χ0) is 63.0. The Bertz CT molecular complexity index is 3130. The van der Waals surface area contributed by atoms with Crippen LogP contribution in [0, 0.1) is 5.92 Å². The molecule has 4 aromatic carbocycles. The summed E-state index contributed by atoms with van der Waals surface area (Å²) in [4.78, 5) is 133. The van der Waals surface area contributed by atoms with E-state index in [2.05, 4.69) is 52.4 Å². The van der Waals surface area contributed by atoms with E-state index >= 15 is 0 Å². The van der Waals surface area contributed by atoms with E-state index in [9.17, 15) is 53.4 Å². The SMILES string of the molecule is CC(=O)N[C@H](Cc1ccc2ccccc2c1)C(=O)N[C@H](Cc1ccc(Cl)cc1)C(=O)N[C@H](Cc1cccnc1)C(=O)N[C@@H](CO)C(=O)N(C)[C@@H](Cc1ccc(O)cc1)C(=O)N[C@H](CCCNC(N)=O)C(=O)N[C@@H](CC(C)C)C(=O)NCCN1CCCC1. The normalized spacial score (nSPS) is 14.7. The zero-order valence-electron chi connectivity index (χ0n) is 49.6. The van der Waals surface area contributed by atoms with Gasteiger partial charge in [0.2, 0.25) is 47.3 Å². The van der Waals surface area contributed by atoms with Crippen LogP contribution < -0.4 is 48.3 Å². The average Bonchev–Trinajstić information content (AvgIpc) is 3.88. The number of nitrogens with one attached hydrogen (secondary N) is 8. The maximum Gasteiger partial charge on any atom is 0.312 e. The summed E-state index contributed by atoms with van der Waals surface area (Å²) < 4.78 is 0. The van der Waals surface area contributed by atoms with E-state index in [4.69, 9.17) is 17.3 Å². The maximum atomic E-state index is 14.8. The van der Waals surface area contributed by atoms with E-state index in [1.54, 1.807) is 36.4 Å². The number of hydrogen-bond donors (Lipinski definition) is 11. The molecule has 24 heteroatoms. The molecule has 6 rings (SSSR count). The summed E-state index contributed by atoms with van der Waals surface area (Å²) in [5.74, 6) is -6.03. The summed E-state index contributed by atoms with van der Waals surface area (Å²) in [6.07, 6.45) is 5.03. The van der Waals surface area contributed by atoms with Gasteiger partial charge in [-0.1, -0.05) is 98.2 Å². The first-order valence-corrected chi connectivity index (χ1v) is 29.6. The average molecular weight is 1220 g/mol. The second-order valence-electron chi connectivity index (χ2n) is 22.3. The lowest BCUT2D eigenvalue weighted by Gasteiger charge is -2.32. The number of aliphatic hydroxyl groups excluding tert-OH is 1. The monoisotopic (exact) mass is 1220 g/mol. The van der Waals surface area contributed by atoms with Crippen LogP contribution in [0.25, 0.3) is 10.8 Å². The number of aromatic hydroxyl groups is 1. The number of likely N-dealkylation sites (N-methyl/N-ethyl adjacent to an activating group) is 1. The van der Waals surface area contributed by atoms with E-state index < -0.39 is 102 Å². The number of pyridine rings is 1. The van der Waals surface area contributed by atoms with Gasteiger partial charge in [-0.2, -0.15) is 0 Å². The number of aliphatic hydroxyl groups is 1. The third-order valence-corrected chi connectivity index (χ3v) is 15.1. The molecule has 2 heterocycles. The van der Waals surface area contributed by atoms with Crippen LogP contribution in [-0.4, -0.2) is 167 Å². The molecular formula is C63H81ClN12O11. The van der Waals surface area contributed by atoms with Gasteiger partial charge in [0.05, 0.1) is 6.61 Å². The lowest BCUT2D eigenvalue weighted by atomic mass is 9.99. The molecule has 7 atom stereocenters. The van der Waals surface area contributed by atoms with Crippen molar-refractivity contribution < 1.29 is 53.4 Å². The number of urea groups is 1. The molecule has 1 aliphatic heterocycles. The van der Waals surface area contributed by atoms with Crippen molar-refractivity contribution in [3.63, 3.8) is 0 Å². The molecule has 1 fully saturated rings. The first-order chi connectivity index (χ1) is 41.6. The molecule has 0 saturated carbocycles. The molecule has 5 aromatic rings. The van der Waals surface area contributed by atoms with E-state index in [0.29, 0.717) is 34.8 Å². The number of benzene rings is 4. The van der Waals surface area contributed by atoms with Crippen LogP contribution in [0.5, 0.6) is 5.75 Å². The zero-order valence-corrected chi connectivity index (χ0v) is 50.3. The van der Waals surface area contributed by atoms with E-state index in [1.165, 1.54) is 50.6 Å². The lowest BCUT2D eigenvalue weighted by Crippen LogP contribution is -2.61. The van der Waals surface area contributed by atoms with Crippen LogP contribution in [0.3, 0.4) is 0 Å². The molecule has 12 N–H and O–H groups in total. The minimum Gasteiger partial charge on any atom is -0.508 e. The molecule has 1 aromatic heterocycles. The van der Waals surface area contributed by atoms with Crippen molar-refractivity contribution in [2.24, 2.45) is 11.7 Å². The van der Waals surface area contributed by atoms with Gasteiger partial charge in [0.15, 0.2) is 0 Å². The minimum absolute atomic E-state index is 0.0281.